The number of fused-ring (bicyclic) bond motifs is 1. The number of ether oxygens (including phenoxy) is 3. The molecule has 9 heteroatoms. The van der Waals surface area contributed by atoms with Crippen molar-refractivity contribution in [1.29, 1.82) is 0 Å². The number of imidazole rings is 1. The molecule has 5 rings (SSSR count). The van der Waals surface area contributed by atoms with Gasteiger partial charge in [-0.1, -0.05) is 35.2 Å². The van der Waals surface area contributed by atoms with Gasteiger partial charge in [0.1, 0.15) is 29.6 Å². The van der Waals surface area contributed by atoms with Gasteiger partial charge in [0.2, 0.25) is 0 Å². The van der Waals surface area contributed by atoms with Crippen LogP contribution >= 0.6 is 15.9 Å². The standard InChI is InChI=1S/C33H34BrFN2O5/c1-33(2,3)42-32(39)20-10-14-26(34)22(16-20)19-41-24-12-13-25(27(35)18-24)30-36-28-17-21(31(38)40-4)11-15-29(28)37(30)23-8-6-5-7-9-23/h10-18,23H,5-9,19H2,1-4H3. The van der Waals surface area contributed by atoms with Gasteiger partial charge in [-0.15, -0.1) is 0 Å². The normalized spacial score (nSPS) is 14.1. The molecule has 0 spiro atoms. The van der Waals surface area contributed by atoms with Crippen LogP contribution in [-0.4, -0.2) is 34.2 Å². The lowest BCUT2D eigenvalue weighted by molar-refractivity contribution is 0.00691. The van der Waals surface area contributed by atoms with E-state index in [1.807, 2.05) is 26.8 Å². The van der Waals surface area contributed by atoms with Gasteiger partial charge in [0.15, 0.2) is 0 Å². The zero-order valence-electron chi connectivity index (χ0n) is 24.2. The average molecular weight is 638 g/mol. The largest absolute Gasteiger partial charge is 0.489 e. The Kier molecular flexibility index (Phi) is 8.68. The Morgan fingerprint density at radius 2 is 1.69 bits per heavy atom. The SMILES string of the molecule is COC(=O)c1ccc2c(c1)nc(-c1ccc(OCc3cc(C(=O)OC(C)(C)C)ccc3Br)cc1F)n2C1CCCCC1. The number of carbonyl (C=O) groups excluding carboxylic acids is 2. The highest BCUT2D eigenvalue weighted by Gasteiger charge is 2.25. The fourth-order valence-corrected chi connectivity index (χ4v) is 5.68. The van der Waals surface area contributed by atoms with Crippen LogP contribution in [0.4, 0.5) is 4.39 Å². The predicted molar refractivity (Wildman–Crippen MR) is 162 cm³/mol. The molecule has 1 heterocycles. The van der Waals surface area contributed by atoms with E-state index in [0.29, 0.717) is 33.8 Å². The summed E-state index contributed by atoms with van der Waals surface area (Å²) < 4.78 is 34.9. The Labute approximate surface area is 253 Å². The minimum atomic E-state index is -0.610. The fourth-order valence-electron chi connectivity index (χ4n) is 5.32. The number of aromatic nitrogens is 2. The molecule has 0 N–H and O–H groups in total. The molecule has 1 aliphatic carbocycles. The summed E-state index contributed by atoms with van der Waals surface area (Å²) in [5.41, 5.74) is 2.76. The topological polar surface area (TPSA) is 79.7 Å². The van der Waals surface area contributed by atoms with Crippen LogP contribution in [-0.2, 0) is 16.1 Å². The molecule has 220 valence electrons. The molecule has 4 aromatic rings. The number of methoxy groups -OCH3 is 1. The second kappa shape index (κ2) is 12.3. The molecule has 0 atom stereocenters. The van der Waals surface area contributed by atoms with Gasteiger partial charge in [-0.25, -0.2) is 19.0 Å². The van der Waals surface area contributed by atoms with Crippen molar-refractivity contribution in [3.63, 3.8) is 0 Å². The van der Waals surface area contributed by atoms with Gasteiger partial charge in [-0.2, -0.15) is 0 Å². The molecule has 0 unspecified atom stereocenters. The average Bonchev–Trinajstić information content (AvgIpc) is 3.34. The highest BCUT2D eigenvalue weighted by Crippen LogP contribution is 2.37. The van der Waals surface area contributed by atoms with Gasteiger partial charge in [0.25, 0.3) is 0 Å². The Bertz CT molecular complexity index is 1640. The molecule has 0 bridgehead atoms. The maximum Gasteiger partial charge on any atom is 0.338 e. The quantitative estimate of drug-likeness (QED) is 0.189. The molecular formula is C33H34BrFN2O5. The lowest BCUT2D eigenvalue weighted by Crippen LogP contribution is -2.24. The van der Waals surface area contributed by atoms with E-state index in [-0.39, 0.29) is 12.6 Å². The van der Waals surface area contributed by atoms with E-state index in [4.69, 9.17) is 19.2 Å². The summed E-state index contributed by atoms with van der Waals surface area (Å²) in [6, 6.07) is 15.4. The number of carbonyl (C=O) groups is 2. The first-order valence-corrected chi connectivity index (χ1v) is 14.9. The highest BCUT2D eigenvalue weighted by molar-refractivity contribution is 9.10. The summed E-state index contributed by atoms with van der Waals surface area (Å²) in [5.74, 6) is -0.461. The maximum atomic E-state index is 15.7. The van der Waals surface area contributed by atoms with E-state index >= 15 is 4.39 Å². The molecule has 3 aromatic carbocycles. The van der Waals surface area contributed by atoms with E-state index in [1.165, 1.54) is 19.6 Å². The van der Waals surface area contributed by atoms with E-state index in [0.717, 1.165) is 41.2 Å². The molecule has 0 amide bonds. The number of benzene rings is 3. The number of hydrogen-bond donors (Lipinski definition) is 0. The number of esters is 2. The summed E-state index contributed by atoms with van der Waals surface area (Å²) in [6.45, 7) is 5.56. The van der Waals surface area contributed by atoms with Crippen molar-refractivity contribution in [3.8, 4) is 17.1 Å². The molecule has 0 aliphatic heterocycles. The number of halogens is 2. The fraction of sp³-hybridized carbons (Fsp3) is 0.364. The van der Waals surface area contributed by atoms with Gasteiger partial charge >= 0.3 is 11.9 Å². The molecule has 0 saturated heterocycles. The highest BCUT2D eigenvalue weighted by atomic mass is 79.9. The van der Waals surface area contributed by atoms with Crippen molar-refractivity contribution in [2.75, 3.05) is 7.11 Å². The summed E-state index contributed by atoms with van der Waals surface area (Å²) in [7, 11) is 1.34. The van der Waals surface area contributed by atoms with Crippen LogP contribution in [0.15, 0.2) is 59.1 Å². The first-order chi connectivity index (χ1) is 20.0. The third kappa shape index (κ3) is 6.51. The van der Waals surface area contributed by atoms with Gasteiger partial charge in [-0.05, 0) is 82.1 Å². The van der Waals surface area contributed by atoms with Gasteiger partial charge < -0.3 is 18.8 Å². The van der Waals surface area contributed by atoms with Crippen molar-refractivity contribution >= 4 is 38.9 Å². The summed E-state index contributed by atoms with van der Waals surface area (Å²) in [6.07, 6.45) is 5.35. The zero-order valence-corrected chi connectivity index (χ0v) is 25.8. The van der Waals surface area contributed by atoms with Crippen LogP contribution in [0.1, 0.15) is 85.2 Å². The molecule has 0 radical (unpaired) electrons. The number of rotatable bonds is 7. The Hall–Kier alpha value is -3.72. The van der Waals surface area contributed by atoms with Crippen molar-refractivity contribution in [2.24, 2.45) is 0 Å². The molecule has 1 aliphatic rings. The molecule has 7 nitrogen and oxygen atoms in total. The lowest BCUT2D eigenvalue weighted by atomic mass is 9.94. The van der Waals surface area contributed by atoms with E-state index in [9.17, 15) is 9.59 Å². The molecule has 1 fully saturated rings. The van der Waals surface area contributed by atoms with Crippen LogP contribution in [0.5, 0.6) is 5.75 Å². The van der Waals surface area contributed by atoms with E-state index in [2.05, 4.69) is 20.5 Å². The number of hydrogen-bond acceptors (Lipinski definition) is 6. The first kappa shape index (κ1) is 29.8. The van der Waals surface area contributed by atoms with Gasteiger partial charge in [0.05, 0.1) is 34.8 Å². The van der Waals surface area contributed by atoms with Crippen molar-refractivity contribution < 1.29 is 28.2 Å². The van der Waals surface area contributed by atoms with Crippen LogP contribution < -0.4 is 4.74 Å². The monoisotopic (exact) mass is 636 g/mol. The molecular weight excluding hydrogens is 603 g/mol. The van der Waals surface area contributed by atoms with Crippen molar-refractivity contribution in [3.05, 3.63) is 81.6 Å². The first-order valence-electron chi connectivity index (χ1n) is 14.1. The number of nitrogens with zero attached hydrogens (tertiary/aromatic N) is 2. The molecule has 42 heavy (non-hydrogen) atoms. The smallest absolute Gasteiger partial charge is 0.338 e. The van der Waals surface area contributed by atoms with E-state index < -0.39 is 23.4 Å². The second-order valence-corrected chi connectivity index (χ2v) is 12.4. The summed E-state index contributed by atoms with van der Waals surface area (Å²) >= 11 is 3.51. The molecule has 1 saturated carbocycles. The van der Waals surface area contributed by atoms with Crippen LogP contribution in [0.3, 0.4) is 0 Å². The minimum Gasteiger partial charge on any atom is -0.489 e. The Balaban J connectivity index is 1.43. The minimum absolute atomic E-state index is 0.118. The lowest BCUT2D eigenvalue weighted by Gasteiger charge is -2.25. The molecule has 1 aromatic heterocycles. The van der Waals surface area contributed by atoms with Crippen LogP contribution in [0.2, 0.25) is 0 Å². The van der Waals surface area contributed by atoms with Gasteiger partial charge in [0, 0.05) is 22.1 Å². The van der Waals surface area contributed by atoms with Gasteiger partial charge in [-0.3, -0.25) is 0 Å². The Morgan fingerprint density at radius 1 is 0.976 bits per heavy atom. The summed E-state index contributed by atoms with van der Waals surface area (Å²) in [4.78, 5) is 29.5. The third-order valence-electron chi connectivity index (χ3n) is 7.31. The predicted octanol–water partition coefficient (Wildman–Crippen LogP) is 8.43. The maximum absolute atomic E-state index is 15.7. The van der Waals surface area contributed by atoms with Crippen LogP contribution in [0, 0.1) is 5.82 Å². The van der Waals surface area contributed by atoms with E-state index in [1.54, 1.807) is 42.5 Å². The Morgan fingerprint density at radius 3 is 2.38 bits per heavy atom. The second-order valence-electron chi connectivity index (χ2n) is 11.5. The zero-order chi connectivity index (χ0) is 30.0. The van der Waals surface area contributed by atoms with Crippen molar-refractivity contribution in [2.45, 2.75) is 71.1 Å². The van der Waals surface area contributed by atoms with Crippen molar-refractivity contribution in [1.82, 2.24) is 9.55 Å². The van der Waals surface area contributed by atoms with Crippen LogP contribution in [0.25, 0.3) is 22.4 Å². The summed E-state index contributed by atoms with van der Waals surface area (Å²) in [5, 5.41) is 0. The third-order valence-corrected chi connectivity index (χ3v) is 8.08.